The van der Waals surface area contributed by atoms with Crippen molar-refractivity contribution in [3.63, 3.8) is 0 Å². The quantitative estimate of drug-likeness (QED) is 0.500. The van der Waals surface area contributed by atoms with Gasteiger partial charge in [0.1, 0.15) is 0 Å². The largest absolute Gasteiger partial charge is 0.504 e. The van der Waals surface area contributed by atoms with Crippen molar-refractivity contribution in [2.24, 2.45) is 5.10 Å². The Morgan fingerprint density at radius 1 is 1.31 bits per heavy atom. The van der Waals surface area contributed by atoms with Crippen molar-refractivity contribution in [3.05, 3.63) is 56.1 Å². The van der Waals surface area contributed by atoms with Crippen LogP contribution in [0.15, 0.2) is 47.1 Å². The second-order valence-corrected chi connectivity index (χ2v) is 7.22. The van der Waals surface area contributed by atoms with Gasteiger partial charge in [-0.1, -0.05) is 11.6 Å². The number of halogens is 2. The van der Waals surface area contributed by atoms with E-state index in [2.05, 4.69) is 5.10 Å². The van der Waals surface area contributed by atoms with Crippen molar-refractivity contribution in [1.29, 1.82) is 0 Å². The lowest BCUT2D eigenvalue weighted by molar-refractivity contribution is -0.114. The molecule has 0 fully saturated rings. The summed E-state index contributed by atoms with van der Waals surface area (Å²) in [5.41, 5.74) is 2.51. The summed E-state index contributed by atoms with van der Waals surface area (Å²) in [5, 5.41) is 16.4. The van der Waals surface area contributed by atoms with Crippen LogP contribution in [-0.2, 0) is 4.79 Å². The Bertz CT molecular complexity index is 923. The predicted octanol–water partition coefficient (Wildman–Crippen LogP) is 4.86. The molecule has 1 amide bonds. The fourth-order valence-electron chi connectivity index (χ4n) is 2.55. The molecule has 0 unspecified atom stereocenters. The number of nitrogens with zero attached hydrogens (tertiary/aromatic N) is 2. The monoisotopic (exact) mass is 482 g/mol. The molecule has 5 nitrogen and oxygen atoms in total. The minimum absolute atomic E-state index is 0.0977. The van der Waals surface area contributed by atoms with Gasteiger partial charge in [-0.2, -0.15) is 10.1 Å². The summed E-state index contributed by atoms with van der Waals surface area (Å²) in [6.07, 6.45) is 1.75. The zero-order valence-corrected chi connectivity index (χ0v) is 17.1. The summed E-state index contributed by atoms with van der Waals surface area (Å²) in [7, 11) is 0. The van der Waals surface area contributed by atoms with Gasteiger partial charge in [0.05, 0.1) is 27.1 Å². The first-order chi connectivity index (χ1) is 12.4. The van der Waals surface area contributed by atoms with Crippen molar-refractivity contribution in [2.75, 3.05) is 11.6 Å². The third-order valence-electron chi connectivity index (χ3n) is 3.80. The smallest absolute Gasteiger partial charge is 0.280 e. The molecule has 0 aromatic heterocycles. The molecule has 0 bridgehead atoms. The highest BCUT2D eigenvalue weighted by molar-refractivity contribution is 14.1. The number of hydrogen-bond acceptors (Lipinski definition) is 4. The van der Waals surface area contributed by atoms with Gasteiger partial charge in [-0.25, -0.2) is 0 Å². The van der Waals surface area contributed by atoms with Crippen molar-refractivity contribution in [2.45, 2.75) is 13.8 Å². The summed E-state index contributed by atoms with van der Waals surface area (Å²) in [5.74, 6) is 0.271. The Labute approximate surface area is 170 Å². The number of rotatable bonds is 4. The molecule has 0 aliphatic carbocycles. The van der Waals surface area contributed by atoms with Gasteiger partial charge in [0.25, 0.3) is 5.91 Å². The van der Waals surface area contributed by atoms with Gasteiger partial charge in [0.2, 0.25) is 0 Å². The zero-order chi connectivity index (χ0) is 18.8. The second-order valence-electron chi connectivity index (χ2n) is 5.62. The molecule has 0 saturated carbocycles. The number of phenolic OH excluding ortho intramolecular Hbond substituents is 1. The van der Waals surface area contributed by atoms with Crippen LogP contribution in [0.2, 0.25) is 5.02 Å². The van der Waals surface area contributed by atoms with Crippen molar-refractivity contribution >= 4 is 57.6 Å². The highest BCUT2D eigenvalue weighted by atomic mass is 127. The molecular weight excluding hydrogens is 467 g/mol. The maximum Gasteiger partial charge on any atom is 0.280 e. The molecule has 0 atom stereocenters. The first-order valence-electron chi connectivity index (χ1n) is 7.93. The highest BCUT2D eigenvalue weighted by Gasteiger charge is 2.28. The standard InChI is InChI=1S/C19H16ClIN2O3/c1-3-26-17-10-12(9-16(21)18(17)24)8-15-11(2)22-23(19(15)25)14-6-4-13(20)5-7-14/h4-10,24H,3H2,1-2H3/b15-8+. The number of carbonyl (C=O) groups excluding carboxylic acids is 1. The van der Waals surface area contributed by atoms with Crippen LogP contribution in [0.5, 0.6) is 11.5 Å². The number of ether oxygens (including phenoxy) is 1. The van der Waals surface area contributed by atoms with E-state index < -0.39 is 0 Å². The first kappa shape index (κ1) is 18.7. The van der Waals surface area contributed by atoms with Crippen LogP contribution in [0.25, 0.3) is 6.08 Å². The molecule has 0 radical (unpaired) electrons. The SMILES string of the molecule is CCOc1cc(/C=C2/C(=O)N(c3ccc(Cl)cc3)N=C2C)cc(I)c1O. The Kier molecular flexibility index (Phi) is 5.52. The number of amides is 1. The lowest BCUT2D eigenvalue weighted by Crippen LogP contribution is -2.21. The molecule has 1 aliphatic heterocycles. The van der Waals surface area contributed by atoms with Crippen molar-refractivity contribution < 1.29 is 14.6 Å². The van der Waals surface area contributed by atoms with Gasteiger partial charge in [-0.05, 0) is 84.5 Å². The van der Waals surface area contributed by atoms with E-state index in [4.69, 9.17) is 16.3 Å². The zero-order valence-electron chi connectivity index (χ0n) is 14.2. The van der Waals surface area contributed by atoms with Crippen molar-refractivity contribution in [3.8, 4) is 11.5 Å². The average Bonchev–Trinajstić information content (AvgIpc) is 2.88. The van der Waals surface area contributed by atoms with E-state index in [-0.39, 0.29) is 11.7 Å². The number of hydrogen-bond donors (Lipinski definition) is 1. The van der Waals surface area contributed by atoms with Crippen LogP contribution < -0.4 is 9.75 Å². The van der Waals surface area contributed by atoms with Gasteiger partial charge in [0.15, 0.2) is 11.5 Å². The summed E-state index contributed by atoms with van der Waals surface area (Å²) < 4.78 is 6.10. The number of phenols is 1. The van der Waals surface area contributed by atoms with E-state index in [1.54, 1.807) is 49.4 Å². The maximum absolute atomic E-state index is 12.8. The summed E-state index contributed by atoms with van der Waals surface area (Å²) in [4.78, 5) is 12.8. The molecule has 1 aliphatic rings. The van der Waals surface area contributed by atoms with Crippen LogP contribution in [0, 0.1) is 3.57 Å². The molecule has 134 valence electrons. The van der Waals surface area contributed by atoms with Crippen LogP contribution in [-0.4, -0.2) is 23.3 Å². The van der Waals surface area contributed by atoms with Gasteiger partial charge < -0.3 is 9.84 Å². The Morgan fingerprint density at radius 3 is 2.65 bits per heavy atom. The summed E-state index contributed by atoms with van der Waals surface area (Å²) >= 11 is 7.94. The number of hydrazone groups is 1. The van der Waals surface area contributed by atoms with E-state index in [9.17, 15) is 9.90 Å². The number of anilines is 1. The maximum atomic E-state index is 12.8. The molecule has 0 spiro atoms. The summed E-state index contributed by atoms with van der Waals surface area (Å²) in [6, 6.07) is 10.4. The molecule has 2 aromatic rings. The van der Waals surface area contributed by atoms with E-state index >= 15 is 0 Å². The Hall–Kier alpha value is -2.06. The minimum atomic E-state index is -0.217. The molecule has 2 aromatic carbocycles. The lowest BCUT2D eigenvalue weighted by atomic mass is 10.1. The average molecular weight is 483 g/mol. The number of benzene rings is 2. The molecule has 7 heteroatoms. The fraction of sp³-hybridized carbons (Fsp3) is 0.158. The Morgan fingerprint density at radius 2 is 2.00 bits per heavy atom. The van der Waals surface area contributed by atoms with Crippen molar-refractivity contribution in [1.82, 2.24) is 0 Å². The Balaban J connectivity index is 1.96. The van der Waals surface area contributed by atoms with E-state index in [0.29, 0.717) is 37.9 Å². The third-order valence-corrected chi connectivity index (χ3v) is 4.87. The third kappa shape index (κ3) is 3.71. The van der Waals surface area contributed by atoms with Gasteiger partial charge in [0, 0.05) is 5.02 Å². The topological polar surface area (TPSA) is 62.1 Å². The highest BCUT2D eigenvalue weighted by Crippen LogP contribution is 2.34. The van der Waals surface area contributed by atoms with Crippen LogP contribution >= 0.6 is 34.2 Å². The van der Waals surface area contributed by atoms with E-state index in [0.717, 1.165) is 5.56 Å². The normalized spacial score (nSPS) is 15.5. The molecular formula is C19H16ClIN2O3. The molecule has 26 heavy (non-hydrogen) atoms. The minimum Gasteiger partial charge on any atom is -0.504 e. The predicted molar refractivity (Wildman–Crippen MR) is 112 cm³/mol. The lowest BCUT2D eigenvalue weighted by Gasteiger charge is -2.12. The number of carbonyl (C=O) groups is 1. The van der Waals surface area contributed by atoms with Crippen LogP contribution in [0.4, 0.5) is 5.69 Å². The van der Waals surface area contributed by atoms with Crippen LogP contribution in [0.3, 0.4) is 0 Å². The van der Waals surface area contributed by atoms with Gasteiger partial charge in [-0.3, -0.25) is 4.79 Å². The molecule has 3 rings (SSSR count). The second kappa shape index (κ2) is 7.67. The number of aromatic hydroxyl groups is 1. The van der Waals surface area contributed by atoms with E-state index in [1.807, 2.05) is 29.5 Å². The summed E-state index contributed by atoms with van der Waals surface area (Å²) in [6.45, 7) is 4.07. The molecule has 0 saturated heterocycles. The molecule has 1 heterocycles. The fourth-order valence-corrected chi connectivity index (χ4v) is 3.30. The van der Waals surface area contributed by atoms with Gasteiger partial charge in [-0.15, -0.1) is 0 Å². The van der Waals surface area contributed by atoms with Crippen LogP contribution in [0.1, 0.15) is 19.4 Å². The first-order valence-corrected chi connectivity index (χ1v) is 9.39. The molecule has 1 N–H and O–H groups in total. The van der Waals surface area contributed by atoms with Gasteiger partial charge >= 0.3 is 0 Å². The van der Waals surface area contributed by atoms with E-state index in [1.165, 1.54) is 5.01 Å².